The largest absolute Gasteiger partial charge is 0.472 e. The van der Waals surface area contributed by atoms with Crippen LogP contribution in [-0.4, -0.2) is 56.6 Å². The van der Waals surface area contributed by atoms with E-state index in [2.05, 4.69) is 10.00 Å². The summed E-state index contributed by atoms with van der Waals surface area (Å²) in [5.41, 5.74) is 1.60. The summed E-state index contributed by atoms with van der Waals surface area (Å²) in [5.74, 6) is -0.0369. The van der Waals surface area contributed by atoms with Crippen molar-refractivity contribution in [3.8, 4) is 0 Å². The minimum Gasteiger partial charge on any atom is -0.472 e. The average Bonchev–Trinajstić information content (AvgIpc) is 3.16. The fourth-order valence-corrected chi connectivity index (χ4v) is 2.94. The number of carbonyl (C=O) groups excluding carboxylic acids is 1. The summed E-state index contributed by atoms with van der Waals surface area (Å²) in [6.45, 7) is 6.41. The number of hydrogen-bond donors (Lipinski definition) is 0. The zero-order chi connectivity index (χ0) is 17.3. The Bertz CT molecular complexity index is 744. The Labute approximate surface area is 138 Å². The zero-order valence-corrected chi connectivity index (χ0v) is 13.6. The molecule has 0 spiro atoms. The van der Waals surface area contributed by atoms with Gasteiger partial charge in [-0.05, 0) is 19.9 Å². The summed E-state index contributed by atoms with van der Waals surface area (Å²) < 4.78 is 6.60. The van der Waals surface area contributed by atoms with E-state index >= 15 is 0 Å². The molecule has 2 aromatic rings. The second-order valence-electron chi connectivity index (χ2n) is 5.84. The van der Waals surface area contributed by atoms with E-state index < -0.39 is 4.92 Å². The van der Waals surface area contributed by atoms with Gasteiger partial charge >= 0.3 is 5.69 Å². The van der Waals surface area contributed by atoms with E-state index in [0.29, 0.717) is 49.8 Å². The van der Waals surface area contributed by atoms with Crippen molar-refractivity contribution < 1.29 is 14.1 Å². The molecule has 3 rings (SSSR count). The van der Waals surface area contributed by atoms with Crippen molar-refractivity contribution in [1.82, 2.24) is 19.6 Å². The molecule has 3 heterocycles. The predicted octanol–water partition coefficient (Wildman–Crippen LogP) is 1.42. The summed E-state index contributed by atoms with van der Waals surface area (Å²) in [7, 11) is 0. The maximum atomic E-state index is 12.3. The van der Waals surface area contributed by atoms with Crippen molar-refractivity contribution in [2.45, 2.75) is 20.5 Å². The minimum absolute atomic E-state index is 0.0369. The molecular weight excluding hydrogens is 314 g/mol. The Hall–Kier alpha value is -2.68. The molecule has 128 valence electrons. The standard InChI is InChI=1S/C15H19N5O4/c1-11-14(20(22)23)12(2)19(16-11)10-17-4-6-18(7-5-17)15(21)13-3-8-24-9-13/h3,8-9H,4-7,10H2,1-2H3. The van der Waals surface area contributed by atoms with Crippen molar-refractivity contribution >= 4 is 11.6 Å². The van der Waals surface area contributed by atoms with Crippen LogP contribution in [-0.2, 0) is 6.67 Å². The van der Waals surface area contributed by atoms with Gasteiger partial charge in [-0.25, -0.2) is 4.68 Å². The second kappa shape index (κ2) is 6.44. The third kappa shape index (κ3) is 3.02. The van der Waals surface area contributed by atoms with Crippen LogP contribution in [0.4, 0.5) is 5.69 Å². The number of hydrogen-bond acceptors (Lipinski definition) is 6. The Kier molecular flexibility index (Phi) is 4.34. The van der Waals surface area contributed by atoms with Gasteiger partial charge in [-0.2, -0.15) is 5.10 Å². The molecule has 1 fully saturated rings. The lowest BCUT2D eigenvalue weighted by Crippen LogP contribution is -2.49. The van der Waals surface area contributed by atoms with Crippen LogP contribution in [0.25, 0.3) is 0 Å². The first-order valence-corrected chi connectivity index (χ1v) is 7.69. The van der Waals surface area contributed by atoms with Crippen molar-refractivity contribution in [3.05, 3.63) is 45.7 Å². The van der Waals surface area contributed by atoms with Gasteiger partial charge in [0.2, 0.25) is 0 Å². The summed E-state index contributed by atoms with van der Waals surface area (Å²) >= 11 is 0. The minimum atomic E-state index is -0.393. The fourth-order valence-electron chi connectivity index (χ4n) is 2.94. The molecule has 24 heavy (non-hydrogen) atoms. The Balaban J connectivity index is 1.61. The number of rotatable bonds is 4. The normalized spacial score (nSPS) is 15.7. The van der Waals surface area contributed by atoms with E-state index in [0.717, 1.165) is 0 Å². The molecule has 1 saturated heterocycles. The predicted molar refractivity (Wildman–Crippen MR) is 84.5 cm³/mol. The van der Waals surface area contributed by atoms with Crippen molar-refractivity contribution in [2.24, 2.45) is 0 Å². The van der Waals surface area contributed by atoms with E-state index in [4.69, 9.17) is 4.42 Å². The highest BCUT2D eigenvalue weighted by Gasteiger charge is 2.26. The summed E-state index contributed by atoms with van der Waals surface area (Å²) in [4.78, 5) is 26.8. The number of carbonyl (C=O) groups is 1. The van der Waals surface area contributed by atoms with Crippen LogP contribution in [0.2, 0.25) is 0 Å². The molecule has 0 saturated carbocycles. The molecule has 9 heteroatoms. The number of aryl methyl sites for hydroxylation is 1. The number of nitro groups is 1. The maximum absolute atomic E-state index is 12.3. The van der Waals surface area contributed by atoms with Gasteiger partial charge in [-0.15, -0.1) is 0 Å². The quantitative estimate of drug-likeness (QED) is 0.620. The molecule has 0 radical (unpaired) electrons. The highest BCUT2D eigenvalue weighted by atomic mass is 16.6. The third-order valence-electron chi connectivity index (χ3n) is 4.29. The number of nitrogens with zero attached hydrogens (tertiary/aromatic N) is 5. The van der Waals surface area contributed by atoms with Crippen LogP contribution < -0.4 is 0 Å². The molecule has 0 aromatic carbocycles. The Morgan fingerprint density at radius 1 is 1.33 bits per heavy atom. The van der Waals surface area contributed by atoms with Gasteiger partial charge in [0.15, 0.2) is 0 Å². The van der Waals surface area contributed by atoms with Gasteiger partial charge in [0.05, 0.1) is 23.4 Å². The lowest BCUT2D eigenvalue weighted by molar-refractivity contribution is -0.386. The molecular formula is C15H19N5O4. The van der Waals surface area contributed by atoms with Gasteiger partial charge in [0, 0.05) is 26.2 Å². The van der Waals surface area contributed by atoms with Gasteiger partial charge in [-0.3, -0.25) is 19.8 Å². The molecule has 1 amide bonds. The maximum Gasteiger partial charge on any atom is 0.312 e. The fraction of sp³-hybridized carbons (Fsp3) is 0.467. The SMILES string of the molecule is Cc1nn(CN2CCN(C(=O)c3ccoc3)CC2)c(C)c1[N+](=O)[O-]. The number of aromatic nitrogens is 2. The van der Waals surface area contributed by atoms with E-state index in [1.807, 2.05) is 0 Å². The first kappa shape index (κ1) is 16.2. The van der Waals surface area contributed by atoms with E-state index in [1.54, 1.807) is 29.5 Å². The second-order valence-corrected chi connectivity index (χ2v) is 5.84. The van der Waals surface area contributed by atoms with Crippen LogP contribution >= 0.6 is 0 Å². The smallest absolute Gasteiger partial charge is 0.312 e. The zero-order valence-electron chi connectivity index (χ0n) is 13.6. The van der Waals surface area contributed by atoms with Gasteiger partial charge < -0.3 is 9.32 Å². The van der Waals surface area contributed by atoms with Crippen LogP contribution in [0.5, 0.6) is 0 Å². The molecule has 0 atom stereocenters. The molecule has 0 unspecified atom stereocenters. The van der Waals surface area contributed by atoms with Gasteiger partial charge in [0.1, 0.15) is 17.7 Å². The topological polar surface area (TPSA) is 97.7 Å². The van der Waals surface area contributed by atoms with Gasteiger partial charge in [-0.1, -0.05) is 0 Å². The van der Waals surface area contributed by atoms with Crippen molar-refractivity contribution in [2.75, 3.05) is 26.2 Å². The summed E-state index contributed by atoms with van der Waals surface area (Å²) in [5, 5.41) is 15.3. The molecule has 0 aliphatic carbocycles. The lowest BCUT2D eigenvalue weighted by Gasteiger charge is -2.34. The highest BCUT2D eigenvalue weighted by molar-refractivity contribution is 5.93. The molecule has 1 aliphatic rings. The molecule has 2 aromatic heterocycles. The lowest BCUT2D eigenvalue weighted by atomic mass is 10.2. The van der Waals surface area contributed by atoms with Crippen molar-refractivity contribution in [3.63, 3.8) is 0 Å². The molecule has 1 aliphatic heterocycles. The number of furan rings is 1. The Morgan fingerprint density at radius 2 is 2.04 bits per heavy atom. The molecule has 0 bridgehead atoms. The number of piperazine rings is 1. The van der Waals surface area contributed by atoms with E-state index in [9.17, 15) is 14.9 Å². The third-order valence-corrected chi connectivity index (χ3v) is 4.29. The van der Waals surface area contributed by atoms with E-state index in [-0.39, 0.29) is 11.6 Å². The van der Waals surface area contributed by atoms with Gasteiger partial charge in [0.25, 0.3) is 5.91 Å². The monoisotopic (exact) mass is 333 g/mol. The van der Waals surface area contributed by atoms with Crippen molar-refractivity contribution in [1.29, 1.82) is 0 Å². The highest BCUT2D eigenvalue weighted by Crippen LogP contribution is 2.22. The van der Waals surface area contributed by atoms with Crippen LogP contribution in [0.1, 0.15) is 21.7 Å². The van der Waals surface area contributed by atoms with Crippen LogP contribution in [0, 0.1) is 24.0 Å². The first-order valence-electron chi connectivity index (χ1n) is 7.69. The number of amides is 1. The van der Waals surface area contributed by atoms with Crippen LogP contribution in [0.3, 0.4) is 0 Å². The van der Waals surface area contributed by atoms with E-state index in [1.165, 1.54) is 12.5 Å². The molecule has 0 N–H and O–H groups in total. The first-order chi connectivity index (χ1) is 11.5. The summed E-state index contributed by atoms with van der Waals surface area (Å²) in [6.07, 6.45) is 2.93. The molecule has 9 nitrogen and oxygen atoms in total. The summed E-state index contributed by atoms with van der Waals surface area (Å²) in [6, 6.07) is 1.66. The van der Waals surface area contributed by atoms with Crippen LogP contribution in [0.15, 0.2) is 23.0 Å². The Morgan fingerprint density at radius 3 is 2.58 bits per heavy atom. The average molecular weight is 333 g/mol.